The summed E-state index contributed by atoms with van der Waals surface area (Å²) in [7, 11) is 4.57. The molecule has 0 bridgehead atoms. The Bertz CT molecular complexity index is 649. The Morgan fingerprint density at radius 1 is 0.786 bits per heavy atom. The molecule has 3 aliphatic rings. The summed E-state index contributed by atoms with van der Waals surface area (Å²) in [6.07, 6.45) is 24.5. The Balaban J connectivity index is 1.77. The molecule has 0 heterocycles. The fourth-order valence-corrected chi connectivity index (χ4v) is 10.7. The van der Waals surface area contributed by atoms with E-state index in [1.54, 1.807) is 0 Å². The summed E-state index contributed by atoms with van der Waals surface area (Å²) in [6.45, 7) is 0. The summed E-state index contributed by atoms with van der Waals surface area (Å²) in [5, 5.41) is 0. The first-order valence-corrected chi connectivity index (χ1v) is 13.1. The third-order valence-electron chi connectivity index (χ3n) is 7.50. The molecule has 0 amide bonds. The molecule has 4 rings (SSSR count). The van der Waals surface area contributed by atoms with Gasteiger partial charge in [0.2, 0.25) is 0 Å². The molecule has 3 aliphatic carbocycles. The quantitative estimate of drug-likeness (QED) is 0.481. The lowest BCUT2D eigenvalue weighted by Crippen LogP contribution is -2.50. The Labute approximate surface area is 174 Å². The Kier molecular flexibility index (Phi) is 6.74. The maximum absolute atomic E-state index is 2.61. The van der Waals surface area contributed by atoms with E-state index in [4.69, 9.17) is 0 Å². The molecule has 152 valence electrons. The van der Waals surface area contributed by atoms with E-state index in [1.165, 1.54) is 69.8 Å². The largest absolute Gasteiger partial charge is 0.296 e. The third kappa shape index (κ3) is 3.90. The van der Waals surface area contributed by atoms with Gasteiger partial charge in [0, 0.05) is 5.66 Å². The van der Waals surface area contributed by atoms with Crippen LogP contribution in [0.4, 0.5) is 0 Å². The highest BCUT2D eigenvalue weighted by molar-refractivity contribution is 7.60. The lowest BCUT2D eigenvalue weighted by molar-refractivity contribution is 0.213. The van der Waals surface area contributed by atoms with Crippen LogP contribution in [0, 0.1) is 0 Å². The van der Waals surface area contributed by atoms with Gasteiger partial charge < -0.3 is 0 Å². The van der Waals surface area contributed by atoms with Crippen LogP contribution in [-0.2, 0) is 5.54 Å². The summed E-state index contributed by atoms with van der Waals surface area (Å²) in [6, 6.07) is 11.4. The number of rotatable bonds is 5. The van der Waals surface area contributed by atoms with E-state index >= 15 is 0 Å². The number of hydrogen-bond acceptors (Lipinski definition) is 1. The number of likely N-dealkylation sites (N-methyl/N-ethyl adjacent to an activating group) is 1. The summed E-state index contributed by atoms with van der Waals surface area (Å²) in [5.74, 6) is 0. The van der Waals surface area contributed by atoms with Gasteiger partial charge in [-0.3, -0.25) is 4.90 Å². The molecule has 1 nitrogen and oxygen atoms in total. The van der Waals surface area contributed by atoms with Crippen molar-refractivity contribution in [3.63, 3.8) is 0 Å². The van der Waals surface area contributed by atoms with Crippen molar-refractivity contribution in [3.05, 3.63) is 60.2 Å². The second-order valence-electron chi connectivity index (χ2n) is 9.31. The van der Waals surface area contributed by atoms with Crippen molar-refractivity contribution in [2.75, 3.05) is 14.1 Å². The van der Waals surface area contributed by atoms with Crippen molar-refractivity contribution in [2.45, 2.75) is 86.7 Å². The van der Waals surface area contributed by atoms with Crippen LogP contribution in [0.2, 0.25) is 0 Å². The molecule has 28 heavy (non-hydrogen) atoms. The second-order valence-corrected chi connectivity index (χ2v) is 12.2. The van der Waals surface area contributed by atoms with Crippen LogP contribution in [0.3, 0.4) is 0 Å². The van der Waals surface area contributed by atoms with Crippen LogP contribution < -0.4 is 0 Å². The highest BCUT2D eigenvalue weighted by Crippen LogP contribution is 2.64. The van der Waals surface area contributed by atoms with Crippen molar-refractivity contribution < 1.29 is 0 Å². The minimum Gasteiger partial charge on any atom is -0.296 e. The van der Waals surface area contributed by atoms with E-state index < -0.39 is 0 Å². The molecule has 0 saturated heterocycles. The van der Waals surface area contributed by atoms with Gasteiger partial charge in [-0.25, -0.2) is 0 Å². The average Bonchev–Trinajstić information content (AvgIpc) is 2.76. The molecule has 2 fully saturated rings. The van der Waals surface area contributed by atoms with E-state index in [-0.39, 0.29) is 13.5 Å². The van der Waals surface area contributed by atoms with Crippen LogP contribution in [-0.4, -0.2) is 36.0 Å². The number of allylic oxidation sites excluding steroid dienone is 2. The van der Waals surface area contributed by atoms with E-state index in [9.17, 15) is 0 Å². The molecular weight excluding hydrogens is 357 g/mol. The Hall–Kier alpha value is -0.910. The Morgan fingerprint density at radius 3 is 1.89 bits per heavy atom. The summed E-state index contributed by atoms with van der Waals surface area (Å²) in [5.41, 5.74) is 4.06. The fourth-order valence-electron chi connectivity index (χ4n) is 6.10. The van der Waals surface area contributed by atoms with Crippen molar-refractivity contribution in [1.29, 1.82) is 0 Å². The predicted molar refractivity (Wildman–Crippen MR) is 125 cm³/mol. The molecule has 0 aliphatic heterocycles. The first-order chi connectivity index (χ1) is 13.7. The zero-order chi connectivity index (χ0) is 19.4. The molecule has 2 saturated carbocycles. The zero-order valence-corrected chi connectivity index (χ0v) is 18.8. The molecule has 1 aromatic carbocycles. The monoisotopic (exact) mass is 395 g/mol. The van der Waals surface area contributed by atoms with Gasteiger partial charge in [-0.05, 0) is 56.7 Å². The van der Waals surface area contributed by atoms with Gasteiger partial charge in [0.05, 0.1) is 5.54 Å². The van der Waals surface area contributed by atoms with Crippen molar-refractivity contribution in [1.82, 2.24) is 4.90 Å². The maximum Gasteiger partial charge on any atom is 0.0747 e. The summed E-state index contributed by atoms with van der Waals surface area (Å²) in [4.78, 5) is 2.52. The lowest BCUT2D eigenvalue weighted by atomic mass is 9.82. The summed E-state index contributed by atoms with van der Waals surface area (Å²) < 4.78 is 0. The highest BCUT2D eigenvalue weighted by atomic mass is 31.1. The first kappa shape index (κ1) is 20.4. The zero-order valence-electron chi connectivity index (χ0n) is 17.9. The highest BCUT2D eigenvalue weighted by Gasteiger charge is 2.48. The molecule has 0 radical (unpaired) electrons. The van der Waals surface area contributed by atoms with Gasteiger partial charge in [-0.2, -0.15) is 0 Å². The van der Waals surface area contributed by atoms with Gasteiger partial charge >= 0.3 is 0 Å². The van der Waals surface area contributed by atoms with E-state index in [0.717, 1.165) is 11.3 Å². The molecule has 0 spiro atoms. The first-order valence-electron chi connectivity index (χ1n) is 11.6. The van der Waals surface area contributed by atoms with Crippen molar-refractivity contribution in [2.24, 2.45) is 0 Å². The smallest absolute Gasteiger partial charge is 0.0747 e. The molecular formula is C26H38NP. The molecule has 2 unspecified atom stereocenters. The minimum atomic E-state index is -0.0388. The number of hydrogen-bond donors (Lipinski definition) is 0. The van der Waals surface area contributed by atoms with Crippen LogP contribution >= 0.6 is 7.92 Å². The average molecular weight is 396 g/mol. The van der Waals surface area contributed by atoms with Gasteiger partial charge in [-0.15, -0.1) is 0 Å². The molecule has 0 N–H and O–H groups in total. The van der Waals surface area contributed by atoms with E-state index in [2.05, 4.69) is 73.6 Å². The summed E-state index contributed by atoms with van der Waals surface area (Å²) >= 11 is 0. The predicted octanol–water partition coefficient (Wildman–Crippen LogP) is 7.09. The van der Waals surface area contributed by atoms with Crippen molar-refractivity contribution >= 4 is 7.92 Å². The minimum absolute atomic E-state index is 0.0105. The lowest BCUT2D eigenvalue weighted by Gasteiger charge is -2.52. The van der Waals surface area contributed by atoms with Crippen LogP contribution in [0.25, 0.3) is 0 Å². The fraction of sp³-hybridized carbons (Fsp3) is 0.615. The van der Waals surface area contributed by atoms with E-state index in [1.807, 2.05) is 0 Å². The van der Waals surface area contributed by atoms with Crippen LogP contribution in [0.5, 0.6) is 0 Å². The SMILES string of the molecule is CN(C)C1(c2ccccc2)C=CC=CC1P(C1CCCCC1)C1CCCCC1. The van der Waals surface area contributed by atoms with Gasteiger partial charge in [0.1, 0.15) is 0 Å². The number of nitrogens with zero attached hydrogens (tertiary/aromatic N) is 1. The second kappa shape index (κ2) is 9.27. The van der Waals surface area contributed by atoms with Crippen molar-refractivity contribution in [3.8, 4) is 0 Å². The topological polar surface area (TPSA) is 3.24 Å². The van der Waals surface area contributed by atoms with E-state index in [0.29, 0.717) is 5.66 Å². The standard InChI is InChI=1S/C26H38NP/c1-27(2)26(22-14-6-3-7-15-22)21-13-12-20-25(26)28(23-16-8-4-9-17-23)24-18-10-5-11-19-24/h3,6-7,12-15,20-21,23-25H,4-5,8-11,16-19H2,1-2H3. The molecule has 2 atom stereocenters. The molecule has 2 heteroatoms. The van der Waals surface area contributed by atoms with Crippen LogP contribution in [0.15, 0.2) is 54.6 Å². The number of benzene rings is 1. The van der Waals surface area contributed by atoms with Gasteiger partial charge in [0.25, 0.3) is 0 Å². The normalized spacial score (nSPS) is 29.6. The van der Waals surface area contributed by atoms with Crippen LogP contribution in [0.1, 0.15) is 69.8 Å². The van der Waals surface area contributed by atoms with Gasteiger partial charge in [0.15, 0.2) is 0 Å². The third-order valence-corrected chi connectivity index (χ3v) is 11.4. The molecule has 1 aromatic rings. The van der Waals surface area contributed by atoms with Gasteiger partial charge in [-0.1, -0.05) is 101 Å². The maximum atomic E-state index is 2.61. The molecule has 0 aromatic heterocycles. The Morgan fingerprint density at radius 2 is 1.36 bits per heavy atom.